The molecule has 2 aromatic rings. The van der Waals surface area contributed by atoms with Gasteiger partial charge in [0.15, 0.2) is 12.0 Å². The van der Waals surface area contributed by atoms with Crippen LogP contribution in [0, 0.1) is 0 Å². The quantitative estimate of drug-likeness (QED) is 0.612. The number of Topliss-reactive ketones (excluding diaryl/α,β-unsaturated/α-hetero) is 1. The van der Waals surface area contributed by atoms with Gasteiger partial charge in [0.05, 0.1) is 11.8 Å². The first kappa shape index (κ1) is 20.4. The lowest BCUT2D eigenvalue weighted by Crippen LogP contribution is -2.51. The van der Waals surface area contributed by atoms with Crippen LogP contribution in [-0.4, -0.2) is 62.8 Å². The van der Waals surface area contributed by atoms with Crippen molar-refractivity contribution in [3.8, 4) is 0 Å². The Hall–Kier alpha value is -2.29. The predicted molar refractivity (Wildman–Crippen MR) is 107 cm³/mol. The fourth-order valence-corrected chi connectivity index (χ4v) is 4.03. The molecular formula is C20H24N4O3S. The normalized spacial score (nSPS) is 18.0. The number of aromatic nitrogens is 2. The van der Waals surface area contributed by atoms with Crippen LogP contribution >= 0.6 is 11.8 Å². The Balaban J connectivity index is 1.48. The molecule has 0 bridgehead atoms. The number of amides is 1. The van der Waals surface area contributed by atoms with E-state index in [-0.39, 0.29) is 5.78 Å². The van der Waals surface area contributed by atoms with Gasteiger partial charge in [0.1, 0.15) is 0 Å². The second kappa shape index (κ2) is 10.3. The van der Waals surface area contributed by atoms with Gasteiger partial charge in [0.25, 0.3) is 5.91 Å². The minimum absolute atomic E-state index is 0.0275. The molecule has 0 saturated carbocycles. The van der Waals surface area contributed by atoms with Crippen molar-refractivity contribution < 1.29 is 14.7 Å². The zero-order valence-corrected chi connectivity index (χ0v) is 16.3. The van der Waals surface area contributed by atoms with Crippen LogP contribution in [0.25, 0.3) is 0 Å². The second-order valence-electron chi connectivity index (χ2n) is 6.57. The van der Waals surface area contributed by atoms with Gasteiger partial charge in [0, 0.05) is 48.7 Å². The summed E-state index contributed by atoms with van der Waals surface area (Å²) >= 11 is 1.44. The third-order valence-electron chi connectivity index (χ3n) is 4.65. The molecule has 0 aliphatic carbocycles. The van der Waals surface area contributed by atoms with Gasteiger partial charge in [-0.1, -0.05) is 6.07 Å². The highest BCUT2D eigenvalue weighted by Gasteiger charge is 2.37. The summed E-state index contributed by atoms with van der Waals surface area (Å²) in [5.41, 5.74) is 0.875. The molecule has 2 N–H and O–H groups in total. The molecular weight excluding hydrogens is 376 g/mol. The third kappa shape index (κ3) is 5.60. The number of thioether (sulfide) groups is 1. The van der Waals surface area contributed by atoms with Crippen LogP contribution in [0.2, 0.25) is 0 Å². The number of rotatable bonds is 9. The molecule has 0 spiro atoms. The summed E-state index contributed by atoms with van der Waals surface area (Å²) in [7, 11) is 0. The van der Waals surface area contributed by atoms with Gasteiger partial charge in [-0.15, -0.1) is 11.8 Å². The standard InChI is InChI=1S/C20H24N4O3S/c25-18(14-28-16-7-10-21-11-8-16)17-5-3-13-24(17)20(27)19(26)23-12-6-15-4-1-2-9-22-15/h1-2,4,7-11,17,20,27H,3,5-6,12-14H2,(H,23,26). The summed E-state index contributed by atoms with van der Waals surface area (Å²) in [5, 5.41) is 13.2. The van der Waals surface area contributed by atoms with E-state index in [4.69, 9.17) is 0 Å². The fraction of sp³-hybridized carbons (Fsp3) is 0.400. The zero-order chi connectivity index (χ0) is 19.8. The van der Waals surface area contributed by atoms with E-state index < -0.39 is 18.2 Å². The van der Waals surface area contributed by atoms with Crippen molar-refractivity contribution in [2.75, 3.05) is 18.8 Å². The maximum atomic E-state index is 12.6. The van der Waals surface area contributed by atoms with Gasteiger partial charge < -0.3 is 10.4 Å². The number of hydrogen-bond acceptors (Lipinski definition) is 7. The van der Waals surface area contributed by atoms with Gasteiger partial charge in [-0.05, 0) is 37.1 Å². The summed E-state index contributed by atoms with van der Waals surface area (Å²) in [5.74, 6) is -0.142. The van der Waals surface area contributed by atoms with E-state index in [1.54, 1.807) is 23.5 Å². The van der Waals surface area contributed by atoms with Gasteiger partial charge in [-0.2, -0.15) is 0 Å². The maximum Gasteiger partial charge on any atom is 0.264 e. The number of nitrogens with zero attached hydrogens (tertiary/aromatic N) is 3. The molecule has 2 atom stereocenters. The van der Waals surface area contributed by atoms with Crippen molar-refractivity contribution >= 4 is 23.5 Å². The molecule has 2 aromatic heterocycles. The first-order chi connectivity index (χ1) is 13.6. The minimum atomic E-state index is -1.31. The molecule has 3 rings (SSSR count). The number of aliphatic hydroxyl groups excluding tert-OH is 1. The van der Waals surface area contributed by atoms with Gasteiger partial charge in [0.2, 0.25) is 0 Å². The average Bonchev–Trinajstić information content (AvgIpc) is 3.23. The highest BCUT2D eigenvalue weighted by Crippen LogP contribution is 2.24. The van der Waals surface area contributed by atoms with Crippen molar-refractivity contribution in [1.29, 1.82) is 0 Å². The van der Waals surface area contributed by atoms with Gasteiger partial charge in [-0.3, -0.25) is 24.5 Å². The molecule has 1 fully saturated rings. The lowest BCUT2D eigenvalue weighted by molar-refractivity contribution is -0.142. The number of nitrogens with one attached hydrogen (secondary N) is 1. The summed E-state index contributed by atoms with van der Waals surface area (Å²) in [4.78, 5) is 35.7. The van der Waals surface area contributed by atoms with E-state index in [2.05, 4.69) is 15.3 Å². The van der Waals surface area contributed by atoms with Crippen molar-refractivity contribution in [1.82, 2.24) is 20.2 Å². The predicted octanol–water partition coefficient (Wildman–Crippen LogP) is 1.28. The SMILES string of the molecule is O=C(NCCc1ccccn1)C(O)N1CCCC1C(=O)CSc1ccncc1. The Labute approximate surface area is 168 Å². The number of ketones is 1. The summed E-state index contributed by atoms with van der Waals surface area (Å²) in [6.45, 7) is 0.919. The number of hydrogen-bond donors (Lipinski definition) is 2. The van der Waals surface area contributed by atoms with Crippen LogP contribution in [0.5, 0.6) is 0 Å². The van der Waals surface area contributed by atoms with Crippen molar-refractivity contribution in [2.24, 2.45) is 0 Å². The Bertz CT molecular complexity index is 776. The summed E-state index contributed by atoms with van der Waals surface area (Å²) < 4.78 is 0. The molecule has 3 heterocycles. The smallest absolute Gasteiger partial charge is 0.264 e. The molecule has 2 unspecified atom stereocenters. The van der Waals surface area contributed by atoms with Gasteiger partial charge >= 0.3 is 0 Å². The molecule has 0 radical (unpaired) electrons. The third-order valence-corrected chi connectivity index (χ3v) is 5.69. The van der Waals surface area contributed by atoms with Crippen LogP contribution in [-0.2, 0) is 16.0 Å². The van der Waals surface area contributed by atoms with Crippen molar-refractivity contribution in [3.63, 3.8) is 0 Å². The molecule has 148 valence electrons. The average molecular weight is 401 g/mol. The molecule has 1 aliphatic rings. The van der Waals surface area contributed by atoms with Crippen LogP contribution in [0.4, 0.5) is 0 Å². The lowest BCUT2D eigenvalue weighted by Gasteiger charge is -2.27. The molecule has 1 aliphatic heterocycles. The Morgan fingerprint density at radius 1 is 1.25 bits per heavy atom. The highest BCUT2D eigenvalue weighted by atomic mass is 32.2. The number of pyridine rings is 2. The van der Waals surface area contributed by atoms with E-state index in [1.807, 2.05) is 30.3 Å². The number of likely N-dealkylation sites (tertiary alicyclic amines) is 1. The molecule has 1 saturated heterocycles. The minimum Gasteiger partial charge on any atom is -0.370 e. The van der Waals surface area contributed by atoms with Crippen LogP contribution in [0.3, 0.4) is 0 Å². The Kier molecular flexibility index (Phi) is 7.53. The van der Waals surface area contributed by atoms with Crippen molar-refractivity contribution in [2.45, 2.75) is 36.4 Å². The number of carbonyl (C=O) groups excluding carboxylic acids is 2. The van der Waals surface area contributed by atoms with E-state index in [1.165, 1.54) is 11.8 Å². The maximum absolute atomic E-state index is 12.6. The topological polar surface area (TPSA) is 95.4 Å². The Morgan fingerprint density at radius 3 is 2.82 bits per heavy atom. The molecule has 28 heavy (non-hydrogen) atoms. The monoisotopic (exact) mass is 400 g/mol. The Morgan fingerprint density at radius 2 is 2.07 bits per heavy atom. The lowest BCUT2D eigenvalue weighted by atomic mass is 10.1. The number of carbonyl (C=O) groups is 2. The van der Waals surface area contributed by atoms with E-state index >= 15 is 0 Å². The van der Waals surface area contributed by atoms with Crippen LogP contribution in [0.15, 0.2) is 53.8 Å². The van der Waals surface area contributed by atoms with E-state index in [9.17, 15) is 14.7 Å². The summed E-state index contributed by atoms with van der Waals surface area (Å²) in [6.07, 6.45) is 5.80. The first-order valence-electron chi connectivity index (χ1n) is 9.32. The fourth-order valence-electron chi connectivity index (χ4n) is 3.21. The number of aliphatic hydroxyl groups is 1. The molecule has 1 amide bonds. The van der Waals surface area contributed by atoms with Crippen molar-refractivity contribution in [3.05, 3.63) is 54.6 Å². The molecule has 0 aromatic carbocycles. The van der Waals surface area contributed by atoms with Gasteiger partial charge in [-0.25, -0.2) is 0 Å². The van der Waals surface area contributed by atoms with Crippen LogP contribution in [0.1, 0.15) is 18.5 Å². The largest absolute Gasteiger partial charge is 0.370 e. The van der Waals surface area contributed by atoms with E-state index in [0.717, 1.165) is 17.0 Å². The first-order valence-corrected chi connectivity index (χ1v) is 10.3. The summed E-state index contributed by atoms with van der Waals surface area (Å²) in [6, 6.07) is 8.90. The second-order valence-corrected chi connectivity index (χ2v) is 7.62. The van der Waals surface area contributed by atoms with E-state index in [0.29, 0.717) is 31.7 Å². The highest BCUT2D eigenvalue weighted by molar-refractivity contribution is 8.00. The van der Waals surface area contributed by atoms with Crippen LogP contribution < -0.4 is 5.32 Å². The molecule has 8 heteroatoms. The molecule has 7 nitrogen and oxygen atoms in total. The zero-order valence-electron chi connectivity index (χ0n) is 15.5.